The first-order valence-corrected chi connectivity index (χ1v) is 8.10. The number of hydrogen-bond acceptors (Lipinski definition) is 1. The van der Waals surface area contributed by atoms with Crippen molar-refractivity contribution in [2.24, 2.45) is 0 Å². The maximum Gasteiger partial charge on any atom is 0.282 e. The van der Waals surface area contributed by atoms with E-state index in [1.807, 2.05) is 24.3 Å². The highest BCUT2D eigenvalue weighted by Gasteiger charge is 2.22. The van der Waals surface area contributed by atoms with Gasteiger partial charge in [0.05, 0.1) is 0 Å². The van der Waals surface area contributed by atoms with Gasteiger partial charge < -0.3 is 10.6 Å². The minimum atomic E-state index is -0.607. The van der Waals surface area contributed by atoms with Gasteiger partial charge in [-0.1, -0.05) is 19.1 Å². The number of carbonyl (C=O) groups is 1. The van der Waals surface area contributed by atoms with Gasteiger partial charge in [0.25, 0.3) is 5.91 Å². The maximum atomic E-state index is 13.8. The molecule has 0 fully saturated rings. The Hall–Kier alpha value is -2.27. The van der Waals surface area contributed by atoms with Crippen molar-refractivity contribution in [3.8, 4) is 0 Å². The quantitative estimate of drug-likeness (QED) is 0.838. The first-order chi connectivity index (χ1) is 11.4. The van der Waals surface area contributed by atoms with Crippen molar-refractivity contribution in [3.05, 3.63) is 65.2 Å². The summed E-state index contributed by atoms with van der Waals surface area (Å²) in [6, 6.07) is 10.5. The number of amides is 1. The average molecular weight is 333 g/mol. The Kier molecular flexibility index (Phi) is 6.04. The number of nitrogens with two attached hydrogens (primary N) is 1. The summed E-state index contributed by atoms with van der Waals surface area (Å²) in [5.41, 5.74) is 2.31. The number of carbonyl (C=O) groups excluding carboxylic acids is 1. The summed E-state index contributed by atoms with van der Waals surface area (Å²) in [5.74, 6) is -1.36. The van der Waals surface area contributed by atoms with Crippen molar-refractivity contribution >= 4 is 11.6 Å². The molecule has 0 aliphatic carbocycles. The second-order valence-corrected chi connectivity index (χ2v) is 5.98. The van der Waals surface area contributed by atoms with E-state index >= 15 is 0 Å². The molecule has 0 bridgehead atoms. The second-order valence-electron chi connectivity index (χ2n) is 5.98. The van der Waals surface area contributed by atoms with E-state index in [0.717, 1.165) is 18.2 Å². The fraction of sp³-hybridized carbons (Fsp3) is 0.316. The number of hydrogen-bond donors (Lipinski definition) is 2. The molecule has 2 aromatic carbocycles. The zero-order chi connectivity index (χ0) is 17.7. The van der Waals surface area contributed by atoms with Gasteiger partial charge >= 0.3 is 0 Å². The molecule has 1 amide bonds. The van der Waals surface area contributed by atoms with Crippen LogP contribution in [0.25, 0.3) is 0 Å². The average Bonchev–Trinajstić information content (AvgIpc) is 2.55. The van der Waals surface area contributed by atoms with Crippen molar-refractivity contribution in [1.82, 2.24) is 0 Å². The van der Waals surface area contributed by atoms with Gasteiger partial charge in [-0.2, -0.15) is 0 Å². The van der Waals surface area contributed by atoms with Crippen LogP contribution in [0.3, 0.4) is 0 Å². The third-order valence-electron chi connectivity index (χ3n) is 4.07. The summed E-state index contributed by atoms with van der Waals surface area (Å²) in [6.45, 7) is 5.62. The first kappa shape index (κ1) is 18.1. The van der Waals surface area contributed by atoms with Crippen molar-refractivity contribution in [1.29, 1.82) is 0 Å². The van der Waals surface area contributed by atoms with Crippen LogP contribution in [0.15, 0.2) is 42.5 Å². The molecular formula is C19H23F2N2O+. The van der Waals surface area contributed by atoms with Crippen LogP contribution in [0.2, 0.25) is 0 Å². The second kappa shape index (κ2) is 8.02. The van der Waals surface area contributed by atoms with Gasteiger partial charge in [0.1, 0.15) is 17.7 Å². The van der Waals surface area contributed by atoms with E-state index in [0.29, 0.717) is 5.56 Å². The summed E-state index contributed by atoms with van der Waals surface area (Å²) < 4.78 is 26.8. The normalized spacial score (nSPS) is 13.4. The summed E-state index contributed by atoms with van der Waals surface area (Å²) >= 11 is 0. The van der Waals surface area contributed by atoms with E-state index in [1.165, 1.54) is 17.7 Å². The highest BCUT2D eigenvalue weighted by molar-refractivity contribution is 5.93. The Balaban J connectivity index is 1.97. The number of benzene rings is 2. The predicted octanol–water partition coefficient (Wildman–Crippen LogP) is 3.18. The third kappa shape index (κ3) is 4.61. The third-order valence-corrected chi connectivity index (χ3v) is 4.07. The van der Waals surface area contributed by atoms with Crippen LogP contribution < -0.4 is 10.6 Å². The van der Waals surface area contributed by atoms with Crippen LogP contribution in [0.4, 0.5) is 14.5 Å². The lowest BCUT2D eigenvalue weighted by molar-refractivity contribution is -0.710. The molecule has 5 heteroatoms. The van der Waals surface area contributed by atoms with Crippen molar-refractivity contribution in [2.75, 3.05) is 5.32 Å². The predicted molar refractivity (Wildman–Crippen MR) is 90.6 cm³/mol. The number of anilines is 1. The van der Waals surface area contributed by atoms with E-state index in [2.05, 4.69) is 12.2 Å². The highest BCUT2D eigenvalue weighted by atomic mass is 19.1. The van der Waals surface area contributed by atoms with Crippen molar-refractivity contribution in [2.45, 2.75) is 39.3 Å². The monoisotopic (exact) mass is 333 g/mol. The van der Waals surface area contributed by atoms with Crippen LogP contribution in [0, 0.1) is 11.6 Å². The summed E-state index contributed by atoms with van der Waals surface area (Å²) in [4.78, 5) is 12.3. The molecule has 0 aliphatic heterocycles. The van der Waals surface area contributed by atoms with Crippen LogP contribution in [-0.2, 0) is 11.2 Å². The smallest absolute Gasteiger partial charge is 0.282 e. The number of aryl methyl sites for hydroxylation is 1. The van der Waals surface area contributed by atoms with Crippen molar-refractivity contribution in [3.63, 3.8) is 0 Å². The van der Waals surface area contributed by atoms with Crippen LogP contribution in [0.1, 0.15) is 37.9 Å². The van der Waals surface area contributed by atoms with E-state index in [4.69, 9.17) is 0 Å². The molecule has 0 unspecified atom stereocenters. The Labute approximate surface area is 141 Å². The standard InChI is InChI=1S/C19H22F2N2O/c1-4-14-5-8-16(9-6-14)23-19(24)13(3)22-12(2)17-10-7-15(20)11-18(17)21/h5-13,22H,4H2,1-3H3,(H,23,24)/p+1/t12-,13-/m0/s1. The Bertz CT molecular complexity index is 701. The topological polar surface area (TPSA) is 45.7 Å². The summed E-state index contributed by atoms with van der Waals surface area (Å²) in [6.07, 6.45) is 0.944. The first-order valence-electron chi connectivity index (χ1n) is 8.10. The Morgan fingerprint density at radius 2 is 1.79 bits per heavy atom. The molecule has 0 aromatic heterocycles. The van der Waals surface area contributed by atoms with E-state index in [9.17, 15) is 13.6 Å². The van der Waals surface area contributed by atoms with Gasteiger partial charge in [-0.05, 0) is 50.1 Å². The molecule has 24 heavy (non-hydrogen) atoms. The molecule has 128 valence electrons. The molecule has 0 saturated heterocycles. The van der Waals surface area contributed by atoms with Gasteiger partial charge in [-0.3, -0.25) is 4.79 Å². The molecule has 0 aliphatic rings. The van der Waals surface area contributed by atoms with Crippen LogP contribution in [0.5, 0.6) is 0 Å². The number of quaternary nitrogens is 1. The fourth-order valence-electron chi connectivity index (χ4n) is 2.57. The van der Waals surface area contributed by atoms with E-state index in [1.54, 1.807) is 19.2 Å². The van der Waals surface area contributed by atoms with E-state index < -0.39 is 17.7 Å². The van der Waals surface area contributed by atoms with Gasteiger partial charge in [-0.15, -0.1) is 0 Å². The minimum Gasteiger partial charge on any atom is -0.330 e. The number of nitrogens with one attached hydrogen (secondary N) is 1. The highest BCUT2D eigenvalue weighted by Crippen LogP contribution is 2.15. The fourth-order valence-corrected chi connectivity index (χ4v) is 2.57. The maximum absolute atomic E-state index is 13.8. The Morgan fingerprint density at radius 1 is 1.12 bits per heavy atom. The lowest BCUT2D eigenvalue weighted by Crippen LogP contribution is -2.91. The molecule has 0 radical (unpaired) electrons. The van der Waals surface area contributed by atoms with Crippen LogP contribution >= 0.6 is 0 Å². The molecule has 0 spiro atoms. The molecular weight excluding hydrogens is 310 g/mol. The molecule has 0 heterocycles. The van der Waals surface area contributed by atoms with Crippen LogP contribution in [-0.4, -0.2) is 11.9 Å². The number of rotatable bonds is 6. The molecule has 2 atom stereocenters. The van der Waals surface area contributed by atoms with E-state index in [-0.39, 0.29) is 11.9 Å². The summed E-state index contributed by atoms with van der Waals surface area (Å²) in [5, 5.41) is 4.61. The lowest BCUT2D eigenvalue weighted by Gasteiger charge is -2.17. The van der Waals surface area contributed by atoms with Gasteiger partial charge in [0, 0.05) is 17.3 Å². The molecule has 2 rings (SSSR count). The van der Waals surface area contributed by atoms with Gasteiger partial charge in [-0.25, -0.2) is 8.78 Å². The SMILES string of the molecule is CCc1ccc(NC(=O)[C@H](C)[NH2+][C@@H](C)c2ccc(F)cc2F)cc1. The number of halogens is 2. The minimum absolute atomic E-state index is 0.159. The van der Waals surface area contributed by atoms with Gasteiger partial charge in [0.2, 0.25) is 0 Å². The molecule has 2 aromatic rings. The van der Waals surface area contributed by atoms with Crippen molar-refractivity contribution < 1.29 is 18.9 Å². The Morgan fingerprint density at radius 3 is 2.38 bits per heavy atom. The zero-order valence-corrected chi connectivity index (χ0v) is 14.1. The van der Waals surface area contributed by atoms with Gasteiger partial charge in [0.15, 0.2) is 6.04 Å². The largest absolute Gasteiger partial charge is 0.330 e. The molecule has 3 N–H and O–H groups in total. The summed E-state index contributed by atoms with van der Waals surface area (Å²) in [7, 11) is 0. The molecule has 3 nitrogen and oxygen atoms in total. The molecule has 0 saturated carbocycles. The lowest BCUT2D eigenvalue weighted by atomic mass is 10.1. The zero-order valence-electron chi connectivity index (χ0n) is 14.1.